The minimum absolute atomic E-state index is 0.0324. The minimum Gasteiger partial charge on any atom is -0.371 e. The fourth-order valence-corrected chi connectivity index (χ4v) is 3.19. The van der Waals surface area contributed by atoms with Gasteiger partial charge in [-0.05, 0) is 31.0 Å². The summed E-state index contributed by atoms with van der Waals surface area (Å²) in [4.78, 5) is 18.1. The molecule has 1 N–H and O–H groups in total. The Morgan fingerprint density at radius 1 is 1.12 bits per heavy atom. The van der Waals surface area contributed by atoms with Crippen LogP contribution in [0.4, 0.5) is 23.0 Å². The lowest BCUT2D eigenvalue weighted by Crippen LogP contribution is -2.25. The third-order valence-corrected chi connectivity index (χ3v) is 4.85. The molecular formula is C23H27N9O. The molecule has 1 amide bonds. The Morgan fingerprint density at radius 3 is 2.36 bits per heavy atom. The first kappa shape index (κ1) is 25.0. The summed E-state index contributed by atoms with van der Waals surface area (Å²) in [5, 5.41) is 38.6. The molecule has 33 heavy (non-hydrogen) atoms. The number of imidazole rings is 1. The quantitative estimate of drug-likeness (QED) is 0.485. The van der Waals surface area contributed by atoms with Crippen LogP contribution < -0.4 is 10.2 Å². The Hall–Kier alpha value is -4.23. The molecule has 0 aliphatic rings. The molecular weight excluding hydrogens is 418 g/mol. The van der Waals surface area contributed by atoms with Crippen LogP contribution in [0.5, 0.6) is 0 Å². The molecule has 10 heteroatoms. The van der Waals surface area contributed by atoms with Crippen molar-refractivity contribution in [2.75, 3.05) is 23.3 Å². The van der Waals surface area contributed by atoms with Crippen molar-refractivity contribution in [1.82, 2.24) is 9.55 Å². The fraction of sp³-hybridized carbons (Fsp3) is 0.435. The number of amides is 1. The van der Waals surface area contributed by atoms with Gasteiger partial charge in [-0.3, -0.25) is 9.36 Å². The molecule has 1 aromatic heterocycles. The number of hydrogen-bond acceptors (Lipinski definition) is 8. The summed E-state index contributed by atoms with van der Waals surface area (Å²) in [7, 11) is 0. The lowest BCUT2D eigenvalue weighted by Gasteiger charge is -2.25. The van der Waals surface area contributed by atoms with E-state index in [1.165, 1.54) is 11.5 Å². The van der Waals surface area contributed by atoms with Crippen molar-refractivity contribution in [3.63, 3.8) is 0 Å². The van der Waals surface area contributed by atoms with Crippen LogP contribution in [0.25, 0.3) is 0 Å². The molecule has 1 aromatic carbocycles. The van der Waals surface area contributed by atoms with E-state index in [1.807, 2.05) is 30.3 Å². The molecule has 0 unspecified atom stereocenters. The molecule has 0 aliphatic heterocycles. The number of unbranched alkanes of at least 4 members (excludes halogenated alkanes) is 2. The largest absolute Gasteiger partial charge is 0.371 e. The summed E-state index contributed by atoms with van der Waals surface area (Å²) in [5.41, 5.74) is 1.68. The maximum Gasteiger partial charge on any atom is 0.252 e. The summed E-state index contributed by atoms with van der Waals surface area (Å²) in [6.45, 7) is 7.34. The first-order valence-corrected chi connectivity index (χ1v) is 10.8. The standard InChI is InChI=1S/C23H27N9O/c1-4-6-11-31(12-7-5-2)18-8-9-19(20(14-18)27-17(3)33)29-30-23-28-21(15-25)22(16-26)32(23)13-10-24/h8-9,14H,4-7,11-13H2,1-3H3,(H,27,33). The molecule has 0 saturated carbocycles. The number of anilines is 2. The normalized spacial score (nSPS) is 10.4. The number of nitrogens with one attached hydrogen (secondary N) is 1. The predicted octanol–water partition coefficient (Wildman–Crippen LogP) is 4.93. The number of rotatable bonds is 11. The highest BCUT2D eigenvalue weighted by Gasteiger charge is 2.17. The van der Waals surface area contributed by atoms with Gasteiger partial charge in [0.25, 0.3) is 5.95 Å². The molecule has 170 valence electrons. The average molecular weight is 446 g/mol. The van der Waals surface area contributed by atoms with E-state index >= 15 is 0 Å². The van der Waals surface area contributed by atoms with E-state index in [2.05, 4.69) is 39.3 Å². The number of nitriles is 3. The Morgan fingerprint density at radius 2 is 1.82 bits per heavy atom. The van der Waals surface area contributed by atoms with Crippen LogP contribution in [0.3, 0.4) is 0 Å². The zero-order valence-corrected chi connectivity index (χ0v) is 19.2. The van der Waals surface area contributed by atoms with Crippen LogP contribution >= 0.6 is 0 Å². The van der Waals surface area contributed by atoms with E-state index < -0.39 is 0 Å². The zero-order valence-electron chi connectivity index (χ0n) is 19.2. The zero-order chi connectivity index (χ0) is 24.2. The van der Waals surface area contributed by atoms with E-state index in [0.29, 0.717) is 11.4 Å². The maximum absolute atomic E-state index is 11.8. The van der Waals surface area contributed by atoms with Crippen LogP contribution in [0.1, 0.15) is 57.8 Å². The number of azo groups is 1. The van der Waals surface area contributed by atoms with Gasteiger partial charge in [-0.1, -0.05) is 26.7 Å². The van der Waals surface area contributed by atoms with Crippen LogP contribution in [0, 0.1) is 34.0 Å². The second kappa shape index (κ2) is 12.6. The highest BCUT2D eigenvalue weighted by Crippen LogP contribution is 2.32. The molecule has 0 aliphatic carbocycles. The van der Waals surface area contributed by atoms with Gasteiger partial charge in [0, 0.05) is 25.7 Å². The molecule has 0 saturated heterocycles. The van der Waals surface area contributed by atoms with E-state index in [1.54, 1.807) is 6.07 Å². The second-order valence-corrected chi connectivity index (χ2v) is 7.35. The van der Waals surface area contributed by atoms with Gasteiger partial charge in [-0.25, -0.2) is 0 Å². The summed E-state index contributed by atoms with van der Waals surface area (Å²) in [5.74, 6) is -0.281. The lowest BCUT2D eigenvalue weighted by atomic mass is 10.2. The van der Waals surface area contributed by atoms with Crippen LogP contribution in [-0.4, -0.2) is 28.5 Å². The minimum atomic E-state index is -0.248. The average Bonchev–Trinajstić information content (AvgIpc) is 3.14. The van der Waals surface area contributed by atoms with Gasteiger partial charge < -0.3 is 10.2 Å². The molecule has 0 atom stereocenters. The Bertz CT molecular complexity index is 1120. The van der Waals surface area contributed by atoms with Crippen molar-refractivity contribution in [2.45, 2.75) is 53.0 Å². The molecule has 0 fully saturated rings. The number of benzene rings is 1. The number of carbonyl (C=O) groups excluding carboxylic acids is 1. The SMILES string of the molecule is CCCCN(CCCC)c1ccc(N=Nc2nc(C#N)c(C#N)n2CC#N)c(NC(C)=O)c1. The Kier molecular flexibility index (Phi) is 9.55. The van der Waals surface area contributed by atoms with E-state index in [4.69, 9.17) is 5.26 Å². The molecule has 10 nitrogen and oxygen atoms in total. The van der Waals surface area contributed by atoms with Gasteiger partial charge in [0.05, 0.1) is 11.8 Å². The summed E-state index contributed by atoms with van der Waals surface area (Å²) >= 11 is 0. The van der Waals surface area contributed by atoms with Crippen LogP contribution in [0.2, 0.25) is 0 Å². The van der Waals surface area contributed by atoms with Gasteiger partial charge in [-0.2, -0.15) is 20.8 Å². The van der Waals surface area contributed by atoms with Gasteiger partial charge in [-0.15, -0.1) is 10.2 Å². The first-order chi connectivity index (χ1) is 16.0. The van der Waals surface area contributed by atoms with Crippen LogP contribution in [-0.2, 0) is 11.3 Å². The van der Waals surface area contributed by atoms with Crippen molar-refractivity contribution in [3.05, 3.63) is 29.6 Å². The number of hydrogen-bond donors (Lipinski definition) is 1. The van der Waals surface area contributed by atoms with Crippen molar-refractivity contribution in [3.8, 4) is 18.2 Å². The predicted molar refractivity (Wildman–Crippen MR) is 124 cm³/mol. The molecule has 2 rings (SSSR count). The third kappa shape index (κ3) is 6.62. The van der Waals surface area contributed by atoms with E-state index in [-0.39, 0.29) is 29.8 Å². The Labute approximate surface area is 193 Å². The van der Waals surface area contributed by atoms with Crippen molar-refractivity contribution < 1.29 is 4.79 Å². The van der Waals surface area contributed by atoms with Crippen molar-refractivity contribution in [1.29, 1.82) is 15.8 Å². The van der Waals surface area contributed by atoms with Gasteiger partial charge >= 0.3 is 0 Å². The highest BCUT2D eigenvalue weighted by atomic mass is 16.1. The third-order valence-electron chi connectivity index (χ3n) is 4.85. The summed E-state index contributed by atoms with van der Waals surface area (Å²) in [6.07, 6.45) is 4.28. The lowest BCUT2D eigenvalue weighted by molar-refractivity contribution is -0.114. The number of nitrogens with zero attached hydrogens (tertiary/aromatic N) is 8. The van der Waals surface area contributed by atoms with Crippen molar-refractivity contribution in [2.24, 2.45) is 10.2 Å². The first-order valence-electron chi connectivity index (χ1n) is 10.8. The van der Waals surface area contributed by atoms with E-state index in [9.17, 15) is 15.3 Å². The Balaban J connectivity index is 2.46. The van der Waals surface area contributed by atoms with Gasteiger partial charge in [0.2, 0.25) is 5.91 Å². The van der Waals surface area contributed by atoms with Gasteiger partial charge in [0.1, 0.15) is 24.4 Å². The topological polar surface area (TPSA) is 146 Å². The summed E-state index contributed by atoms with van der Waals surface area (Å²) in [6, 6.07) is 11.2. The molecule has 1 heterocycles. The smallest absolute Gasteiger partial charge is 0.252 e. The molecule has 0 radical (unpaired) electrons. The fourth-order valence-electron chi connectivity index (χ4n) is 3.19. The van der Waals surface area contributed by atoms with Crippen molar-refractivity contribution >= 4 is 28.9 Å². The van der Waals surface area contributed by atoms with Gasteiger partial charge in [0.15, 0.2) is 11.4 Å². The molecule has 0 bridgehead atoms. The van der Waals surface area contributed by atoms with E-state index in [0.717, 1.165) is 44.5 Å². The number of aromatic nitrogens is 2. The highest BCUT2D eigenvalue weighted by molar-refractivity contribution is 5.93. The maximum atomic E-state index is 11.8. The molecule has 2 aromatic rings. The summed E-state index contributed by atoms with van der Waals surface area (Å²) < 4.78 is 1.23. The number of carbonyl (C=O) groups is 1. The monoisotopic (exact) mass is 445 g/mol. The second-order valence-electron chi connectivity index (χ2n) is 7.35. The van der Waals surface area contributed by atoms with Crippen LogP contribution in [0.15, 0.2) is 28.4 Å². The molecule has 0 spiro atoms.